The first-order chi connectivity index (χ1) is 12.0. The van der Waals surface area contributed by atoms with E-state index in [1.165, 1.54) is 18.4 Å². The minimum absolute atomic E-state index is 0.0870. The summed E-state index contributed by atoms with van der Waals surface area (Å²) < 4.78 is 0. The Bertz CT molecular complexity index is 519. The molecular formula is C20H33N3O2. The predicted molar refractivity (Wildman–Crippen MR) is 101 cm³/mol. The third kappa shape index (κ3) is 7.04. The Morgan fingerprint density at radius 3 is 2.72 bits per heavy atom. The van der Waals surface area contributed by atoms with E-state index in [0.717, 1.165) is 19.5 Å². The number of rotatable bonds is 8. The summed E-state index contributed by atoms with van der Waals surface area (Å²) in [4.78, 5) is 14.6. The zero-order valence-electron chi connectivity index (χ0n) is 15.6. The summed E-state index contributed by atoms with van der Waals surface area (Å²) in [7, 11) is 0. The molecule has 1 aliphatic rings. The number of benzene rings is 1. The molecule has 25 heavy (non-hydrogen) atoms. The van der Waals surface area contributed by atoms with Gasteiger partial charge in [-0.25, -0.2) is 4.79 Å². The van der Waals surface area contributed by atoms with Crippen LogP contribution in [0, 0.1) is 5.41 Å². The van der Waals surface area contributed by atoms with Gasteiger partial charge in [0.05, 0.1) is 0 Å². The number of nitrogens with one attached hydrogen (secondary N) is 2. The predicted octanol–water partition coefficient (Wildman–Crippen LogP) is 2.75. The maximum Gasteiger partial charge on any atom is 0.314 e. The smallest absolute Gasteiger partial charge is 0.314 e. The molecule has 0 aromatic heterocycles. The highest BCUT2D eigenvalue weighted by molar-refractivity contribution is 5.73. The molecule has 1 fully saturated rings. The van der Waals surface area contributed by atoms with Gasteiger partial charge in [-0.05, 0) is 36.8 Å². The number of nitrogens with zero attached hydrogens (tertiary/aromatic N) is 1. The number of carbonyl (C=O) groups is 1. The maximum atomic E-state index is 12.1. The minimum atomic E-state index is -0.115. The van der Waals surface area contributed by atoms with Crippen LogP contribution < -0.4 is 10.6 Å². The molecule has 1 unspecified atom stereocenters. The van der Waals surface area contributed by atoms with Gasteiger partial charge in [0.15, 0.2) is 0 Å². The van der Waals surface area contributed by atoms with Gasteiger partial charge in [0.1, 0.15) is 0 Å². The first kappa shape index (κ1) is 19.7. The average molecular weight is 348 g/mol. The Labute approximate surface area is 151 Å². The Balaban J connectivity index is 1.78. The summed E-state index contributed by atoms with van der Waals surface area (Å²) in [6.07, 6.45) is 4.26. The van der Waals surface area contributed by atoms with E-state index in [0.29, 0.717) is 25.6 Å². The molecule has 0 bridgehead atoms. The Hall–Kier alpha value is -1.59. The standard InChI is InChI=1S/C20H33N3O2/c1-20(2,11-13-24)16-22-19(25)21-14-18-10-6-7-12-23(18)15-17-8-4-3-5-9-17/h3-5,8-9,18,24H,6-7,10-16H2,1-2H3,(H2,21,22,25). The van der Waals surface area contributed by atoms with Gasteiger partial charge in [-0.15, -0.1) is 0 Å². The van der Waals surface area contributed by atoms with Crippen LogP contribution in [0.4, 0.5) is 4.79 Å². The summed E-state index contributed by atoms with van der Waals surface area (Å²) in [5.41, 5.74) is 1.24. The zero-order chi connectivity index (χ0) is 18.1. The van der Waals surface area contributed by atoms with Crippen molar-refractivity contribution in [3.63, 3.8) is 0 Å². The molecule has 1 atom stereocenters. The molecule has 1 aliphatic heterocycles. The van der Waals surface area contributed by atoms with Crippen molar-refractivity contribution < 1.29 is 9.90 Å². The van der Waals surface area contributed by atoms with E-state index in [1.54, 1.807) is 0 Å². The van der Waals surface area contributed by atoms with Gasteiger partial charge >= 0.3 is 6.03 Å². The molecule has 3 N–H and O–H groups in total. The molecule has 5 nitrogen and oxygen atoms in total. The molecule has 1 saturated heterocycles. The van der Waals surface area contributed by atoms with Crippen LogP contribution in [0.2, 0.25) is 0 Å². The van der Waals surface area contributed by atoms with Crippen LogP contribution in [0.1, 0.15) is 45.1 Å². The van der Waals surface area contributed by atoms with Crippen LogP contribution in [-0.2, 0) is 6.54 Å². The van der Waals surface area contributed by atoms with Crippen LogP contribution in [-0.4, -0.2) is 48.3 Å². The van der Waals surface area contributed by atoms with E-state index in [-0.39, 0.29) is 18.1 Å². The van der Waals surface area contributed by atoms with Crippen molar-refractivity contribution in [2.75, 3.05) is 26.2 Å². The molecule has 2 rings (SSSR count). The van der Waals surface area contributed by atoms with E-state index in [4.69, 9.17) is 5.11 Å². The number of carbonyl (C=O) groups excluding carboxylic acids is 1. The highest BCUT2D eigenvalue weighted by atomic mass is 16.3. The Kier molecular flexibility index (Phi) is 7.72. The van der Waals surface area contributed by atoms with Gasteiger partial charge < -0.3 is 15.7 Å². The summed E-state index contributed by atoms with van der Waals surface area (Å²) in [5, 5.41) is 15.0. The molecule has 1 aromatic rings. The number of amides is 2. The van der Waals surface area contributed by atoms with Crippen molar-refractivity contribution in [3.05, 3.63) is 35.9 Å². The average Bonchev–Trinajstić information content (AvgIpc) is 2.60. The number of urea groups is 1. The van der Waals surface area contributed by atoms with Crippen molar-refractivity contribution in [3.8, 4) is 0 Å². The van der Waals surface area contributed by atoms with Gasteiger partial charge in [0.2, 0.25) is 0 Å². The van der Waals surface area contributed by atoms with Crippen molar-refractivity contribution in [1.29, 1.82) is 0 Å². The fourth-order valence-electron chi connectivity index (χ4n) is 3.30. The lowest BCUT2D eigenvalue weighted by Gasteiger charge is -2.36. The van der Waals surface area contributed by atoms with Crippen LogP contribution in [0.15, 0.2) is 30.3 Å². The van der Waals surface area contributed by atoms with Gasteiger partial charge in [-0.2, -0.15) is 0 Å². The molecule has 0 saturated carbocycles. The molecule has 0 spiro atoms. The zero-order valence-corrected chi connectivity index (χ0v) is 15.6. The van der Waals surface area contributed by atoms with E-state index in [1.807, 2.05) is 19.9 Å². The monoisotopic (exact) mass is 347 g/mol. The lowest BCUT2D eigenvalue weighted by atomic mass is 9.90. The molecule has 0 radical (unpaired) electrons. The second kappa shape index (κ2) is 9.78. The molecule has 1 aromatic carbocycles. The van der Waals surface area contributed by atoms with Crippen LogP contribution >= 0.6 is 0 Å². The topological polar surface area (TPSA) is 64.6 Å². The number of hydrogen-bond acceptors (Lipinski definition) is 3. The minimum Gasteiger partial charge on any atom is -0.396 e. The number of aliphatic hydroxyl groups is 1. The van der Waals surface area contributed by atoms with E-state index in [2.05, 4.69) is 39.8 Å². The van der Waals surface area contributed by atoms with Gasteiger partial charge in [0.25, 0.3) is 0 Å². The summed E-state index contributed by atoms with van der Waals surface area (Å²) in [5.74, 6) is 0. The maximum absolute atomic E-state index is 12.1. The molecule has 140 valence electrons. The van der Waals surface area contributed by atoms with E-state index < -0.39 is 0 Å². The van der Waals surface area contributed by atoms with Crippen LogP contribution in [0.3, 0.4) is 0 Å². The highest BCUT2D eigenvalue weighted by Gasteiger charge is 2.23. The molecule has 1 heterocycles. The van der Waals surface area contributed by atoms with Gasteiger partial charge in [-0.3, -0.25) is 4.90 Å². The number of piperidine rings is 1. The first-order valence-corrected chi connectivity index (χ1v) is 9.41. The quantitative estimate of drug-likeness (QED) is 0.677. The van der Waals surface area contributed by atoms with Crippen molar-refractivity contribution in [1.82, 2.24) is 15.5 Å². The van der Waals surface area contributed by atoms with Crippen LogP contribution in [0.5, 0.6) is 0 Å². The largest absolute Gasteiger partial charge is 0.396 e. The third-order valence-electron chi connectivity index (χ3n) is 4.99. The SMILES string of the molecule is CC(C)(CCO)CNC(=O)NCC1CCCCN1Cc1ccccc1. The first-order valence-electron chi connectivity index (χ1n) is 9.41. The van der Waals surface area contributed by atoms with Crippen molar-refractivity contribution >= 4 is 6.03 Å². The third-order valence-corrected chi connectivity index (χ3v) is 4.99. The van der Waals surface area contributed by atoms with E-state index >= 15 is 0 Å². The Morgan fingerprint density at radius 2 is 2.00 bits per heavy atom. The normalized spacial score (nSPS) is 18.8. The van der Waals surface area contributed by atoms with Gasteiger partial charge in [0, 0.05) is 32.3 Å². The molecule has 0 aliphatic carbocycles. The molecule has 5 heteroatoms. The van der Waals surface area contributed by atoms with Gasteiger partial charge in [-0.1, -0.05) is 50.6 Å². The molecular weight excluding hydrogens is 314 g/mol. The lowest BCUT2D eigenvalue weighted by Crippen LogP contribution is -2.49. The summed E-state index contributed by atoms with van der Waals surface area (Å²) >= 11 is 0. The number of likely N-dealkylation sites (tertiary alicyclic amines) is 1. The second-order valence-electron chi connectivity index (χ2n) is 7.81. The number of aliphatic hydroxyl groups excluding tert-OH is 1. The summed E-state index contributed by atoms with van der Waals surface area (Å²) in [6.45, 7) is 7.52. The summed E-state index contributed by atoms with van der Waals surface area (Å²) in [6, 6.07) is 10.8. The number of hydrogen-bond donors (Lipinski definition) is 3. The lowest BCUT2D eigenvalue weighted by molar-refractivity contribution is 0.137. The van der Waals surface area contributed by atoms with Crippen LogP contribution in [0.25, 0.3) is 0 Å². The fraction of sp³-hybridized carbons (Fsp3) is 0.650. The van der Waals surface area contributed by atoms with Crippen molar-refractivity contribution in [2.45, 2.75) is 52.1 Å². The fourth-order valence-corrected chi connectivity index (χ4v) is 3.30. The highest BCUT2D eigenvalue weighted by Crippen LogP contribution is 2.20. The van der Waals surface area contributed by atoms with E-state index in [9.17, 15) is 4.79 Å². The molecule has 2 amide bonds. The second-order valence-corrected chi connectivity index (χ2v) is 7.81. The Morgan fingerprint density at radius 1 is 1.24 bits per heavy atom. The van der Waals surface area contributed by atoms with Crippen molar-refractivity contribution in [2.24, 2.45) is 5.41 Å².